The van der Waals surface area contributed by atoms with Crippen LogP contribution in [0.5, 0.6) is 0 Å². The number of hydrogen-bond donors (Lipinski definition) is 0. The van der Waals surface area contributed by atoms with Crippen LogP contribution in [0.1, 0.15) is 15.2 Å². The van der Waals surface area contributed by atoms with Crippen molar-refractivity contribution < 1.29 is 4.79 Å². The quantitative estimate of drug-likeness (QED) is 0.575. The highest BCUT2D eigenvalue weighted by atomic mass is 79.9. The zero-order chi connectivity index (χ0) is 9.14. The van der Waals surface area contributed by atoms with Crippen LogP contribution in [0.4, 0.5) is 0 Å². The summed E-state index contributed by atoms with van der Waals surface area (Å²) in [4.78, 5) is 15.0. The van der Waals surface area contributed by atoms with E-state index < -0.39 is 0 Å². The van der Waals surface area contributed by atoms with Crippen molar-refractivity contribution in [2.75, 3.05) is 0 Å². The van der Waals surface area contributed by atoms with Crippen molar-refractivity contribution in [3.05, 3.63) is 20.3 Å². The number of aryl methyl sites for hydroxylation is 1. The van der Waals surface area contributed by atoms with E-state index in [1.54, 1.807) is 6.07 Å². The molecule has 0 aliphatic heterocycles. The van der Waals surface area contributed by atoms with Crippen molar-refractivity contribution in [2.45, 2.75) is 6.92 Å². The number of carbonyl (C=O) groups is 1. The minimum absolute atomic E-state index is 0.330. The van der Waals surface area contributed by atoms with Gasteiger partial charge in [-0.1, -0.05) is 0 Å². The summed E-state index contributed by atoms with van der Waals surface area (Å²) in [6.45, 7) is 1.92. The van der Waals surface area contributed by atoms with E-state index in [0.29, 0.717) is 4.88 Å². The number of isothiocyanates is 1. The Morgan fingerprint density at radius 1 is 1.83 bits per heavy atom. The van der Waals surface area contributed by atoms with E-state index in [1.165, 1.54) is 11.3 Å². The molecule has 0 fully saturated rings. The number of nitrogens with zero attached hydrogens (tertiary/aromatic N) is 1. The third-order valence-electron chi connectivity index (χ3n) is 1.22. The number of amides is 1. The summed E-state index contributed by atoms with van der Waals surface area (Å²) in [6.07, 6.45) is 0. The van der Waals surface area contributed by atoms with Gasteiger partial charge in [-0.25, -0.2) is 0 Å². The topological polar surface area (TPSA) is 29.4 Å². The molecule has 1 aromatic heterocycles. The summed E-state index contributed by atoms with van der Waals surface area (Å²) < 4.78 is 0.949. The molecule has 62 valence electrons. The second-order valence-corrected chi connectivity index (χ2v) is 4.63. The van der Waals surface area contributed by atoms with Crippen molar-refractivity contribution in [3.63, 3.8) is 0 Å². The van der Waals surface area contributed by atoms with E-state index in [0.717, 1.165) is 9.35 Å². The van der Waals surface area contributed by atoms with Gasteiger partial charge in [0.25, 0.3) is 5.91 Å². The lowest BCUT2D eigenvalue weighted by Gasteiger charge is -1.81. The van der Waals surface area contributed by atoms with Crippen LogP contribution in [0.15, 0.2) is 14.8 Å². The predicted molar refractivity (Wildman–Crippen MR) is 56.1 cm³/mol. The van der Waals surface area contributed by atoms with Crippen LogP contribution in [0.3, 0.4) is 0 Å². The molecule has 5 heteroatoms. The van der Waals surface area contributed by atoms with Crippen LogP contribution in [0.2, 0.25) is 0 Å². The molecule has 12 heavy (non-hydrogen) atoms. The van der Waals surface area contributed by atoms with Gasteiger partial charge in [0, 0.05) is 0 Å². The minimum atomic E-state index is -0.330. The van der Waals surface area contributed by atoms with Crippen molar-refractivity contribution >= 4 is 50.6 Å². The molecular weight excluding hydrogens is 258 g/mol. The molecule has 0 aliphatic carbocycles. The molecule has 0 bridgehead atoms. The van der Waals surface area contributed by atoms with Gasteiger partial charge in [-0.15, -0.1) is 11.3 Å². The summed E-state index contributed by atoms with van der Waals surface area (Å²) in [5.74, 6) is -0.330. The molecule has 0 radical (unpaired) electrons. The molecule has 1 amide bonds. The van der Waals surface area contributed by atoms with Gasteiger partial charge in [0.15, 0.2) is 0 Å². The molecule has 1 heterocycles. The maximum atomic E-state index is 11.1. The summed E-state index contributed by atoms with van der Waals surface area (Å²) in [5, 5.41) is 2.04. The lowest BCUT2D eigenvalue weighted by molar-refractivity contribution is 0.101. The first-order chi connectivity index (χ1) is 5.65. The SMILES string of the molecule is Cc1cc(C(=O)N=C=S)sc1Br. The van der Waals surface area contributed by atoms with Crippen LogP contribution in [0.25, 0.3) is 0 Å². The molecule has 0 aliphatic rings. The number of rotatable bonds is 1. The Morgan fingerprint density at radius 2 is 2.50 bits per heavy atom. The standard InChI is InChI=1S/C7H4BrNOS2/c1-4-2-5(12-6(4)8)7(10)9-3-11/h2H,1H3. The third kappa shape index (κ3) is 2.08. The van der Waals surface area contributed by atoms with Gasteiger partial charge < -0.3 is 0 Å². The van der Waals surface area contributed by atoms with Crippen LogP contribution in [-0.4, -0.2) is 11.1 Å². The summed E-state index contributed by atoms with van der Waals surface area (Å²) in [6, 6.07) is 1.77. The number of carbonyl (C=O) groups excluding carboxylic acids is 1. The third-order valence-corrected chi connectivity index (χ3v) is 3.43. The highest BCUT2D eigenvalue weighted by Gasteiger charge is 2.09. The predicted octanol–water partition coefficient (Wildman–Crippen LogP) is 3.06. The summed E-state index contributed by atoms with van der Waals surface area (Å²) in [7, 11) is 0. The molecule has 0 N–H and O–H groups in total. The molecule has 1 aromatic rings. The largest absolute Gasteiger partial charge is 0.295 e. The average Bonchev–Trinajstić information content (AvgIpc) is 2.33. The molecule has 0 atom stereocenters. The molecule has 0 aromatic carbocycles. The highest BCUT2D eigenvalue weighted by molar-refractivity contribution is 9.11. The fourth-order valence-electron chi connectivity index (χ4n) is 0.662. The minimum Gasteiger partial charge on any atom is -0.265 e. The Labute approximate surface area is 87.4 Å². The molecule has 0 saturated heterocycles. The number of thiophene rings is 1. The second-order valence-electron chi connectivity index (χ2n) is 2.08. The van der Waals surface area contributed by atoms with Crippen LogP contribution < -0.4 is 0 Å². The van der Waals surface area contributed by atoms with E-state index in [4.69, 9.17) is 0 Å². The van der Waals surface area contributed by atoms with Crippen LogP contribution in [-0.2, 0) is 0 Å². The first-order valence-corrected chi connectivity index (χ1v) is 5.05. The lowest BCUT2D eigenvalue weighted by atomic mass is 10.3. The van der Waals surface area contributed by atoms with Crippen LogP contribution >= 0.6 is 39.5 Å². The summed E-state index contributed by atoms with van der Waals surface area (Å²) >= 11 is 8.99. The Kier molecular flexibility index (Phi) is 3.29. The van der Waals surface area contributed by atoms with Gasteiger partial charge in [-0.05, 0) is 46.7 Å². The zero-order valence-corrected chi connectivity index (χ0v) is 9.35. The first kappa shape index (κ1) is 9.74. The number of aliphatic imine (C=N–C) groups is 1. The molecule has 0 unspecified atom stereocenters. The molecule has 0 spiro atoms. The van der Waals surface area contributed by atoms with Gasteiger partial charge in [-0.3, -0.25) is 4.79 Å². The highest BCUT2D eigenvalue weighted by Crippen LogP contribution is 2.27. The normalized spacial score (nSPS) is 9.17. The van der Waals surface area contributed by atoms with Crippen molar-refractivity contribution in [1.82, 2.24) is 0 Å². The monoisotopic (exact) mass is 261 g/mol. The van der Waals surface area contributed by atoms with E-state index in [2.05, 4.69) is 33.1 Å². The Morgan fingerprint density at radius 3 is 2.92 bits per heavy atom. The van der Waals surface area contributed by atoms with Gasteiger partial charge in [0.05, 0.1) is 13.8 Å². The Hall–Kier alpha value is -0.350. The van der Waals surface area contributed by atoms with E-state index >= 15 is 0 Å². The molecule has 0 saturated carbocycles. The second kappa shape index (κ2) is 4.05. The van der Waals surface area contributed by atoms with E-state index in [-0.39, 0.29) is 5.91 Å². The maximum Gasteiger partial charge on any atom is 0.295 e. The Bertz CT molecular complexity index is 346. The molecule has 1 rings (SSSR count). The first-order valence-electron chi connectivity index (χ1n) is 3.03. The van der Waals surface area contributed by atoms with Gasteiger partial charge in [0.1, 0.15) is 0 Å². The van der Waals surface area contributed by atoms with Crippen molar-refractivity contribution in [3.8, 4) is 0 Å². The maximum absolute atomic E-state index is 11.1. The number of halogens is 1. The van der Waals surface area contributed by atoms with Crippen molar-refractivity contribution in [2.24, 2.45) is 4.99 Å². The molecular formula is C7H4BrNOS2. The van der Waals surface area contributed by atoms with Gasteiger partial charge in [0.2, 0.25) is 0 Å². The lowest BCUT2D eigenvalue weighted by Crippen LogP contribution is -1.87. The smallest absolute Gasteiger partial charge is 0.265 e. The van der Waals surface area contributed by atoms with E-state index in [9.17, 15) is 4.79 Å². The fraction of sp³-hybridized carbons (Fsp3) is 0.143. The zero-order valence-electron chi connectivity index (χ0n) is 6.13. The van der Waals surface area contributed by atoms with E-state index in [1.807, 2.05) is 12.1 Å². The number of hydrogen-bond acceptors (Lipinski definition) is 3. The summed E-state index contributed by atoms with van der Waals surface area (Å²) in [5.41, 5.74) is 1.03. The van der Waals surface area contributed by atoms with Gasteiger partial charge >= 0.3 is 0 Å². The Balaban J connectivity index is 3.04. The van der Waals surface area contributed by atoms with Crippen molar-refractivity contribution in [1.29, 1.82) is 0 Å². The van der Waals surface area contributed by atoms with Crippen LogP contribution in [0, 0.1) is 6.92 Å². The fourth-order valence-corrected chi connectivity index (χ4v) is 2.16. The number of thiocarbonyl (C=S) groups is 1. The molecule has 2 nitrogen and oxygen atoms in total. The van der Waals surface area contributed by atoms with Gasteiger partial charge in [-0.2, -0.15) is 4.99 Å². The average molecular weight is 262 g/mol.